The number of amides is 2. The van der Waals surface area contributed by atoms with E-state index in [1.807, 2.05) is 36.4 Å². The second-order valence-electron chi connectivity index (χ2n) is 6.37. The van der Waals surface area contributed by atoms with Crippen LogP contribution < -0.4 is 4.74 Å². The molecule has 0 spiro atoms. The molecule has 0 atom stereocenters. The number of fused-ring (bicyclic) bond motifs is 1. The van der Waals surface area contributed by atoms with Crippen LogP contribution in [0.25, 0.3) is 16.8 Å². The smallest absolute Gasteiger partial charge is 0.293 e. The summed E-state index contributed by atoms with van der Waals surface area (Å²) in [6, 6.07) is 16.6. The third kappa shape index (κ3) is 3.73. The lowest BCUT2D eigenvalue weighted by molar-refractivity contribution is -0.123. The van der Waals surface area contributed by atoms with Crippen LogP contribution in [0.15, 0.2) is 59.5 Å². The van der Waals surface area contributed by atoms with E-state index < -0.39 is 0 Å². The van der Waals surface area contributed by atoms with Gasteiger partial charge in [-0.25, -0.2) is 0 Å². The van der Waals surface area contributed by atoms with Crippen molar-refractivity contribution in [2.75, 3.05) is 7.11 Å². The van der Waals surface area contributed by atoms with Crippen LogP contribution in [0.5, 0.6) is 5.75 Å². The summed E-state index contributed by atoms with van der Waals surface area (Å²) >= 11 is 13.3. The lowest BCUT2D eigenvalue weighted by Gasteiger charge is -2.14. The van der Waals surface area contributed by atoms with Crippen LogP contribution in [0.3, 0.4) is 0 Å². The van der Waals surface area contributed by atoms with E-state index in [0.717, 1.165) is 38.7 Å². The topological polar surface area (TPSA) is 46.6 Å². The van der Waals surface area contributed by atoms with Crippen LogP contribution in [-0.4, -0.2) is 23.2 Å². The standard InChI is InChI=1S/C22H15Cl2NO3S/c1-28-19-10-9-13(14-5-2-3-6-15(14)19)11-20-21(26)25(22(27)29-20)12-16-17(23)7-4-8-18(16)24/h2-11H,12H2,1H3/b20-11+. The summed E-state index contributed by atoms with van der Waals surface area (Å²) in [6.07, 6.45) is 1.74. The van der Waals surface area contributed by atoms with Crippen molar-refractivity contribution in [2.45, 2.75) is 6.54 Å². The predicted octanol–water partition coefficient (Wildman–Crippen LogP) is 6.39. The van der Waals surface area contributed by atoms with E-state index in [0.29, 0.717) is 20.5 Å². The fourth-order valence-corrected chi connectivity index (χ4v) is 4.56. The Kier molecular flexibility index (Phi) is 5.54. The van der Waals surface area contributed by atoms with Crippen LogP contribution >= 0.6 is 35.0 Å². The molecule has 3 aromatic carbocycles. The molecule has 1 aliphatic heterocycles. The average Bonchev–Trinajstić information content (AvgIpc) is 2.98. The fraction of sp³-hybridized carbons (Fsp3) is 0.0909. The first kappa shape index (κ1) is 19.8. The first-order valence-corrected chi connectivity index (χ1v) is 10.3. The number of imide groups is 1. The number of ether oxygens (including phenoxy) is 1. The van der Waals surface area contributed by atoms with Crippen molar-refractivity contribution >= 4 is 63.0 Å². The molecule has 0 saturated carbocycles. The zero-order valence-electron chi connectivity index (χ0n) is 15.3. The Morgan fingerprint density at radius 2 is 1.66 bits per heavy atom. The highest BCUT2D eigenvalue weighted by atomic mass is 35.5. The van der Waals surface area contributed by atoms with Gasteiger partial charge in [-0.2, -0.15) is 0 Å². The molecule has 146 valence electrons. The van der Waals surface area contributed by atoms with Crippen molar-refractivity contribution in [3.05, 3.63) is 80.7 Å². The highest BCUT2D eigenvalue weighted by Crippen LogP contribution is 2.37. The molecule has 1 heterocycles. The van der Waals surface area contributed by atoms with Gasteiger partial charge in [0, 0.05) is 21.0 Å². The maximum Gasteiger partial charge on any atom is 0.293 e. The molecular formula is C22H15Cl2NO3S. The number of halogens is 2. The quantitative estimate of drug-likeness (QED) is 0.438. The lowest BCUT2D eigenvalue weighted by atomic mass is 10.0. The molecule has 0 unspecified atom stereocenters. The minimum Gasteiger partial charge on any atom is -0.496 e. The summed E-state index contributed by atoms with van der Waals surface area (Å²) < 4.78 is 5.42. The Bertz CT molecular complexity index is 1160. The molecule has 1 saturated heterocycles. The molecule has 29 heavy (non-hydrogen) atoms. The summed E-state index contributed by atoms with van der Waals surface area (Å²) in [4.78, 5) is 26.9. The first-order valence-electron chi connectivity index (χ1n) is 8.73. The van der Waals surface area contributed by atoms with Crippen LogP contribution in [-0.2, 0) is 11.3 Å². The van der Waals surface area contributed by atoms with Gasteiger partial charge in [0.05, 0.1) is 18.6 Å². The predicted molar refractivity (Wildman–Crippen MR) is 118 cm³/mol. The number of thioether (sulfide) groups is 1. The molecule has 0 bridgehead atoms. The largest absolute Gasteiger partial charge is 0.496 e. The third-order valence-corrected chi connectivity index (χ3v) is 6.29. The van der Waals surface area contributed by atoms with Gasteiger partial charge in [0.25, 0.3) is 11.1 Å². The number of hydrogen-bond donors (Lipinski definition) is 0. The minimum absolute atomic E-state index is 0.0316. The Morgan fingerprint density at radius 1 is 0.966 bits per heavy atom. The first-order chi connectivity index (χ1) is 14.0. The van der Waals surface area contributed by atoms with Crippen molar-refractivity contribution in [3.63, 3.8) is 0 Å². The van der Waals surface area contributed by atoms with E-state index in [2.05, 4.69) is 0 Å². The summed E-state index contributed by atoms with van der Waals surface area (Å²) in [7, 11) is 1.62. The number of nitrogens with zero attached hydrogens (tertiary/aromatic N) is 1. The van der Waals surface area contributed by atoms with Gasteiger partial charge in [-0.3, -0.25) is 14.5 Å². The van der Waals surface area contributed by atoms with Gasteiger partial charge in [-0.05, 0) is 47.0 Å². The number of hydrogen-bond acceptors (Lipinski definition) is 4. The van der Waals surface area contributed by atoms with E-state index in [9.17, 15) is 9.59 Å². The molecule has 0 aliphatic carbocycles. The molecule has 0 radical (unpaired) electrons. The normalized spacial score (nSPS) is 15.6. The zero-order valence-corrected chi connectivity index (χ0v) is 17.6. The van der Waals surface area contributed by atoms with Gasteiger partial charge >= 0.3 is 0 Å². The lowest BCUT2D eigenvalue weighted by Crippen LogP contribution is -2.27. The zero-order chi connectivity index (χ0) is 20.5. The SMILES string of the molecule is COc1ccc(/C=C2/SC(=O)N(Cc3c(Cl)cccc3Cl)C2=O)c2ccccc12. The molecule has 1 aliphatic rings. The number of methoxy groups -OCH3 is 1. The van der Waals surface area contributed by atoms with Crippen LogP contribution in [0.4, 0.5) is 4.79 Å². The van der Waals surface area contributed by atoms with Crippen LogP contribution in [0.2, 0.25) is 10.0 Å². The van der Waals surface area contributed by atoms with Gasteiger partial charge in [0.2, 0.25) is 0 Å². The molecule has 1 fully saturated rings. The summed E-state index contributed by atoms with van der Waals surface area (Å²) in [6.45, 7) is 0.0316. The van der Waals surface area contributed by atoms with E-state index in [1.165, 1.54) is 0 Å². The number of carbonyl (C=O) groups excluding carboxylic acids is 2. The molecular weight excluding hydrogens is 429 g/mol. The molecule has 7 heteroatoms. The molecule has 0 aromatic heterocycles. The minimum atomic E-state index is -0.365. The van der Waals surface area contributed by atoms with Gasteiger partial charge < -0.3 is 4.74 Å². The molecule has 3 aromatic rings. The Morgan fingerprint density at radius 3 is 2.34 bits per heavy atom. The van der Waals surface area contributed by atoms with Crippen molar-refractivity contribution in [2.24, 2.45) is 0 Å². The van der Waals surface area contributed by atoms with Gasteiger partial charge in [0.1, 0.15) is 5.75 Å². The highest BCUT2D eigenvalue weighted by Gasteiger charge is 2.35. The average molecular weight is 444 g/mol. The summed E-state index contributed by atoms with van der Waals surface area (Å²) in [5, 5.41) is 2.36. The highest BCUT2D eigenvalue weighted by molar-refractivity contribution is 8.18. The van der Waals surface area contributed by atoms with Gasteiger partial charge in [-0.15, -0.1) is 0 Å². The van der Waals surface area contributed by atoms with Crippen molar-refractivity contribution in [1.29, 1.82) is 0 Å². The monoisotopic (exact) mass is 443 g/mol. The third-order valence-electron chi connectivity index (χ3n) is 4.68. The Balaban J connectivity index is 1.69. The molecule has 4 nitrogen and oxygen atoms in total. The summed E-state index contributed by atoms with van der Waals surface area (Å²) in [5.74, 6) is 0.384. The van der Waals surface area contributed by atoms with Crippen molar-refractivity contribution in [3.8, 4) is 5.75 Å². The molecule has 2 amide bonds. The van der Waals surface area contributed by atoms with E-state index >= 15 is 0 Å². The van der Waals surface area contributed by atoms with Crippen LogP contribution in [0, 0.1) is 0 Å². The van der Waals surface area contributed by atoms with E-state index in [4.69, 9.17) is 27.9 Å². The number of carbonyl (C=O) groups is 2. The Labute approximate surface area is 182 Å². The van der Waals surface area contributed by atoms with E-state index in [-0.39, 0.29) is 17.7 Å². The second-order valence-corrected chi connectivity index (χ2v) is 8.18. The number of benzene rings is 3. The maximum atomic E-state index is 12.9. The molecule has 0 N–H and O–H groups in total. The van der Waals surface area contributed by atoms with Crippen molar-refractivity contribution in [1.82, 2.24) is 4.90 Å². The maximum absolute atomic E-state index is 12.9. The van der Waals surface area contributed by atoms with Crippen molar-refractivity contribution < 1.29 is 14.3 Å². The fourth-order valence-electron chi connectivity index (χ4n) is 3.22. The van der Waals surface area contributed by atoms with Gasteiger partial charge in [-0.1, -0.05) is 59.6 Å². The number of rotatable bonds is 4. The summed E-state index contributed by atoms with van der Waals surface area (Å²) in [5.41, 5.74) is 1.39. The molecule has 4 rings (SSSR count). The van der Waals surface area contributed by atoms with Crippen LogP contribution in [0.1, 0.15) is 11.1 Å². The van der Waals surface area contributed by atoms with Gasteiger partial charge in [0.15, 0.2) is 0 Å². The van der Waals surface area contributed by atoms with E-state index in [1.54, 1.807) is 31.4 Å². The second kappa shape index (κ2) is 8.11. The Hall–Kier alpha value is -2.47.